The van der Waals surface area contributed by atoms with Gasteiger partial charge in [-0.05, 0) is 57.8 Å². The monoisotopic (exact) mass is 972 g/mol. The summed E-state index contributed by atoms with van der Waals surface area (Å²) in [5.41, 5.74) is 0. The number of esters is 1. The van der Waals surface area contributed by atoms with Gasteiger partial charge in [-0.15, -0.1) is 0 Å². The Morgan fingerprint density at radius 1 is 0.406 bits per heavy atom. The van der Waals surface area contributed by atoms with Crippen LogP contribution in [0.2, 0.25) is 0 Å². The molecule has 0 aliphatic heterocycles. The average molecular weight is 973 g/mol. The molecule has 2 atom stereocenters. The lowest BCUT2D eigenvalue weighted by atomic mass is 10.0. The Labute approximate surface area is 431 Å². The summed E-state index contributed by atoms with van der Waals surface area (Å²) in [5.74, 6) is -0.0569. The molecule has 0 saturated carbocycles. The maximum Gasteiger partial charge on any atom is 0.305 e. The molecule has 0 aliphatic rings. The largest absolute Gasteiger partial charge is 0.466 e. The summed E-state index contributed by atoms with van der Waals surface area (Å²) in [6.45, 7) is 4.92. The average Bonchev–Trinajstić information content (AvgIpc) is 3.35. The Balaban J connectivity index is 3.44. The van der Waals surface area contributed by atoms with Crippen LogP contribution in [-0.2, 0) is 14.3 Å². The van der Waals surface area contributed by atoms with Gasteiger partial charge in [0.15, 0.2) is 0 Å². The molecule has 0 saturated heterocycles. The highest BCUT2D eigenvalue weighted by molar-refractivity contribution is 5.76. The van der Waals surface area contributed by atoms with Gasteiger partial charge in [-0.25, -0.2) is 0 Å². The Kier molecular flexibility index (Phi) is 57.5. The molecular formula is C63H121NO5. The first-order valence-corrected chi connectivity index (χ1v) is 31.1. The van der Waals surface area contributed by atoms with Gasteiger partial charge in [0.2, 0.25) is 5.91 Å². The summed E-state index contributed by atoms with van der Waals surface area (Å²) in [4.78, 5) is 24.6. The lowest BCUT2D eigenvalue weighted by Crippen LogP contribution is -2.45. The molecule has 408 valence electrons. The molecule has 0 radical (unpaired) electrons. The number of rotatable bonds is 58. The summed E-state index contributed by atoms with van der Waals surface area (Å²) in [6.07, 6.45) is 71.7. The van der Waals surface area contributed by atoms with Crippen LogP contribution in [0.3, 0.4) is 0 Å². The molecule has 0 rings (SSSR count). The van der Waals surface area contributed by atoms with Crippen LogP contribution in [0.5, 0.6) is 0 Å². The number of ether oxygens (including phenoxy) is 1. The third-order valence-corrected chi connectivity index (χ3v) is 14.5. The van der Waals surface area contributed by atoms with Crippen molar-refractivity contribution >= 4 is 11.9 Å². The van der Waals surface area contributed by atoms with Crippen molar-refractivity contribution < 1.29 is 24.5 Å². The van der Waals surface area contributed by atoms with Gasteiger partial charge < -0.3 is 20.3 Å². The number of carbonyl (C=O) groups excluding carboxylic acids is 2. The molecule has 0 fully saturated rings. The molecule has 0 aromatic rings. The van der Waals surface area contributed by atoms with E-state index in [1.165, 1.54) is 250 Å². The maximum atomic E-state index is 12.5. The number of allylic oxidation sites excluding steroid dienone is 4. The van der Waals surface area contributed by atoms with Crippen molar-refractivity contribution in [2.75, 3.05) is 13.2 Å². The van der Waals surface area contributed by atoms with Crippen molar-refractivity contribution in [1.29, 1.82) is 0 Å². The van der Waals surface area contributed by atoms with Gasteiger partial charge in [0.1, 0.15) is 0 Å². The minimum Gasteiger partial charge on any atom is -0.466 e. The standard InChI is InChI=1S/C63H121NO5/c1-3-5-7-9-11-13-15-17-19-21-22-23-24-25-27-28-31-35-39-43-47-51-55-61(66)60(59-65)64-62(67)56-52-48-44-40-36-32-30-34-38-42-46-50-54-58-69-63(68)57-53-49-45-41-37-33-29-26-20-18-16-14-12-10-8-6-4-2/h12,14,18,20,60-61,65-66H,3-11,13,15-17,19,21-59H2,1-2H3,(H,64,67)/b14-12-,20-18-. The van der Waals surface area contributed by atoms with Crippen LogP contribution in [0.1, 0.15) is 341 Å². The molecule has 1 amide bonds. The summed E-state index contributed by atoms with van der Waals surface area (Å²) in [6, 6.07) is -0.553. The highest BCUT2D eigenvalue weighted by Gasteiger charge is 2.20. The second kappa shape index (κ2) is 58.9. The van der Waals surface area contributed by atoms with E-state index in [2.05, 4.69) is 43.5 Å². The predicted molar refractivity (Wildman–Crippen MR) is 301 cm³/mol. The predicted octanol–water partition coefficient (Wildman–Crippen LogP) is 19.4. The van der Waals surface area contributed by atoms with E-state index in [0.29, 0.717) is 25.9 Å². The van der Waals surface area contributed by atoms with Crippen LogP contribution in [0.4, 0.5) is 0 Å². The zero-order chi connectivity index (χ0) is 50.0. The molecule has 0 aromatic heterocycles. The first-order chi connectivity index (χ1) is 34.0. The third kappa shape index (κ3) is 55.5. The Morgan fingerprint density at radius 3 is 1.13 bits per heavy atom. The number of amides is 1. The minimum atomic E-state index is -0.674. The van der Waals surface area contributed by atoms with Gasteiger partial charge >= 0.3 is 5.97 Å². The Bertz CT molecular complexity index is 1080. The number of aliphatic hydroxyl groups excluding tert-OH is 2. The number of hydrogen-bond acceptors (Lipinski definition) is 5. The molecule has 69 heavy (non-hydrogen) atoms. The normalized spacial score (nSPS) is 12.7. The summed E-state index contributed by atoms with van der Waals surface area (Å²) in [7, 11) is 0. The number of unbranched alkanes of at least 4 members (excludes halogenated alkanes) is 43. The molecule has 0 aromatic carbocycles. The van der Waals surface area contributed by atoms with Gasteiger partial charge in [0.05, 0.1) is 25.4 Å². The maximum absolute atomic E-state index is 12.5. The van der Waals surface area contributed by atoms with Crippen LogP contribution in [0.15, 0.2) is 24.3 Å². The lowest BCUT2D eigenvalue weighted by molar-refractivity contribution is -0.143. The van der Waals surface area contributed by atoms with Gasteiger partial charge in [-0.3, -0.25) is 9.59 Å². The number of carbonyl (C=O) groups is 2. The van der Waals surface area contributed by atoms with Crippen molar-refractivity contribution in [2.45, 2.75) is 353 Å². The molecule has 0 spiro atoms. The van der Waals surface area contributed by atoms with Crippen molar-refractivity contribution in [3.05, 3.63) is 24.3 Å². The summed E-state index contributed by atoms with van der Waals surface area (Å²) in [5, 5.41) is 23.4. The second-order valence-corrected chi connectivity index (χ2v) is 21.4. The van der Waals surface area contributed by atoms with Crippen LogP contribution in [-0.4, -0.2) is 47.4 Å². The molecule has 6 nitrogen and oxygen atoms in total. The van der Waals surface area contributed by atoms with Crippen LogP contribution in [0.25, 0.3) is 0 Å². The van der Waals surface area contributed by atoms with Crippen LogP contribution < -0.4 is 5.32 Å². The van der Waals surface area contributed by atoms with E-state index in [-0.39, 0.29) is 18.5 Å². The van der Waals surface area contributed by atoms with Gasteiger partial charge in [-0.1, -0.05) is 295 Å². The van der Waals surface area contributed by atoms with E-state index in [1.807, 2.05) is 0 Å². The van der Waals surface area contributed by atoms with E-state index in [4.69, 9.17) is 4.74 Å². The van der Waals surface area contributed by atoms with Crippen molar-refractivity contribution in [3.8, 4) is 0 Å². The lowest BCUT2D eigenvalue weighted by Gasteiger charge is -2.22. The van der Waals surface area contributed by atoms with Crippen molar-refractivity contribution in [3.63, 3.8) is 0 Å². The first-order valence-electron chi connectivity index (χ1n) is 31.1. The minimum absolute atomic E-state index is 0.0121. The van der Waals surface area contributed by atoms with Crippen molar-refractivity contribution in [1.82, 2.24) is 5.32 Å². The molecule has 3 N–H and O–H groups in total. The number of hydrogen-bond donors (Lipinski definition) is 3. The Morgan fingerprint density at radius 2 is 0.725 bits per heavy atom. The highest BCUT2D eigenvalue weighted by atomic mass is 16.5. The topological polar surface area (TPSA) is 95.9 Å². The van der Waals surface area contributed by atoms with E-state index >= 15 is 0 Å². The Hall–Kier alpha value is -1.66. The smallest absolute Gasteiger partial charge is 0.305 e. The number of aliphatic hydroxyl groups is 2. The molecule has 2 unspecified atom stereocenters. The number of nitrogens with one attached hydrogen (secondary N) is 1. The van der Waals surface area contributed by atoms with Crippen LogP contribution in [0, 0.1) is 0 Å². The van der Waals surface area contributed by atoms with Crippen molar-refractivity contribution in [2.24, 2.45) is 0 Å². The van der Waals surface area contributed by atoms with Crippen LogP contribution >= 0.6 is 0 Å². The van der Waals surface area contributed by atoms with Gasteiger partial charge in [0.25, 0.3) is 0 Å². The fourth-order valence-corrected chi connectivity index (χ4v) is 9.73. The molecule has 0 aliphatic carbocycles. The SMILES string of the molecule is CCCCC/C=C\C/C=C\CCCCCCCCCC(=O)OCCCCCCCCCCCCCCCC(=O)NC(CO)C(O)CCCCCCCCCCCCCCCCCCCCCCCC. The molecule has 0 bridgehead atoms. The fourth-order valence-electron chi connectivity index (χ4n) is 9.73. The zero-order valence-electron chi connectivity index (χ0n) is 46.6. The molecule has 6 heteroatoms. The second-order valence-electron chi connectivity index (χ2n) is 21.4. The fraction of sp³-hybridized carbons (Fsp3) is 0.905. The van der Waals surface area contributed by atoms with Gasteiger partial charge in [0, 0.05) is 12.8 Å². The summed E-state index contributed by atoms with van der Waals surface area (Å²) >= 11 is 0. The van der Waals surface area contributed by atoms with Gasteiger partial charge in [-0.2, -0.15) is 0 Å². The first kappa shape index (κ1) is 67.3. The van der Waals surface area contributed by atoms with E-state index in [9.17, 15) is 19.8 Å². The quantitative estimate of drug-likeness (QED) is 0.0321. The van der Waals surface area contributed by atoms with E-state index in [1.54, 1.807) is 0 Å². The van der Waals surface area contributed by atoms with E-state index < -0.39 is 12.1 Å². The molecule has 0 heterocycles. The molecular weight excluding hydrogens is 851 g/mol. The third-order valence-electron chi connectivity index (χ3n) is 14.5. The highest BCUT2D eigenvalue weighted by Crippen LogP contribution is 2.18. The summed E-state index contributed by atoms with van der Waals surface area (Å²) < 4.78 is 5.48. The van der Waals surface area contributed by atoms with E-state index in [0.717, 1.165) is 57.8 Å². The zero-order valence-corrected chi connectivity index (χ0v) is 46.6.